The van der Waals surface area contributed by atoms with E-state index in [0.717, 1.165) is 10.5 Å². The van der Waals surface area contributed by atoms with Crippen LogP contribution >= 0.6 is 0 Å². The molecule has 3 rings (SSSR count). The van der Waals surface area contributed by atoms with Crippen molar-refractivity contribution in [2.24, 2.45) is 0 Å². The molecule has 226 valence electrons. The summed E-state index contributed by atoms with van der Waals surface area (Å²) in [6, 6.07) is 5.12. The number of nitrogens with zero attached hydrogens (tertiary/aromatic N) is 3. The molecule has 0 radical (unpaired) electrons. The number of piperidine rings is 1. The van der Waals surface area contributed by atoms with Crippen molar-refractivity contribution in [2.45, 2.75) is 69.5 Å². The highest BCUT2D eigenvalue weighted by molar-refractivity contribution is 5.78. The van der Waals surface area contributed by atoms with Crippen molar-refractivity contribution in [3.8, 4) is 0 Å². The average molecular weight is 588 g/mol. The Balaban J connectivity index is 1.68. The van der Waals surface area contributed by atoms with E-state index >= 15 is 0 Å². The molecule has 8 nitrogen and oxygen atoms in total. The summed E-state index contributed by atoms with van der Waals surface area (Å²) in [6.07, 6.45) is -17.0. The third-order valence-corrected chi connectivity index (χ3v) is 7.54. The number of carboxylic acid groups (broad SMARTS) is 1. The maximum Gasteiger partial charge on any atom is 0.434 e. The summed E-state index contributed by atoms with van der Waals surface area (Å²) in [6.45, 7) is 3.25. The number of halogens is 7. The summed E-state index contributed by atoms with van der Waals surface area (Å²) in [4.78, 5) is 28.3. The molecule has 0 bridgehead atoms. The maximum atomic E-state index is 13.7. The van der Waals surface area contributed by atoms with Gasteiger partial charge in [-0.1, -0.05) is 6.07 Å². The highest BCUT2D eigenvalue weighted by Crippen LogP contribution is 2.37. The van der Waals surface area contributed by atoms with Gasteiger partial charge in [-0.2, -0.15) is 26.3 Å². The van der Waals surface area contributed by atoms with Crippen LogP contribution in [0.3, 0.4) is 0 Å². The van der Waals surface area contributed by atoms with E-state index in [2.05, 4.69) is 4.74 Å². The second-order valence-corrected chi connectivity index (χ2v) is 10.6. The molecule has 1 N–H and O–H groups in total. The highest BCUT2D eigenvalue weighted by atomic mass is 19.4. The van der Waals surface area contributed by atoms with E-state index < -0.39 is 48.3 Å². The van der Waals surface area contributed by atoms with Gasteiger partial charge < -0.3 is 24.4 Å². The average Bonchev–Trinajstić information content (AvgIpc) is 2.86. The Bertz CT molecular complexity index is 1060. The molecule has 0 aliphatic carbocycles. The van der Waals surface area contributed by atoms with Gasteiger partial charge in [-0.15, -0.1) is 0 Å². The molecule has 2 heterocycles. The summed E-state index contributed by atoms with van der Waals surface area (Å²) < 4.78 is 99.6. The summed E-state index contributed by atoms with van der Waals surface area (Å²) in [5.41, 5.74) is -0.282. The first-order chi connectivity index (χ1) is 18.4. The van der Waals surface area contributed by atoms with E-state index in [1.54, 1.807) is 24.1 Å². The van der Waals surface area contributed by atoms with Gasteiger partial charge in [0.1, 0.15) is 6.67 Å². The minimum Gasteiger partial charge on any atom is -0.479 e. The number of ether oxygens (including phenoxy) is 2. The number of hydrogen-bond acceptors (Lipinski definition) is 6. The number of carbonyl (C=O) groups excluding carboxylic acids is 1. The van der Waals surface area contributed by atoms with Gasteiger partial charge in [0.2, 0.25) is 0 Å². The highest BCUT2D eigenvalue weighted by Gasteiger charge is 2.60. The molecule has 15 heteroatoms. The maximum absolute atomic E-state index is 13.7. The summed E-state index contributed by atoms with van der Waals surface area (Å²) >= 11 is 0. The van der Waals surface area contributed by atoms with Gasteiger partial charge >= 0.3 is 24.4 Å². The fourth-order valence-electron chi connectivity index (χ4n) is 4.83. The Hall–Kier alpha value is -2.81. The largest absolute Gasteiger partial charge is 0.479 e. The molecule has 1 aromatic rings. The van der Waals surface area contributed by atoms with Crippen molar-refractivity contribution in [3.05, 3.63) is 29.3 Å². The fourth-order valence-corrected chi connectivity index (χ4v) is 4.83. The van der Waals surface area contributed by atoms with Crippen LogP contribution in [-0.4, -0.2) is 96.4 Å². The Labute approximate surface area is 226 Å². The second-order valence-electron chi connectivity index (χ2n) is 10.6. The number of alkyl halides is 7. The van der Waals surface area contributed by atoms with Gasteiger partial charge in [-0.3, -0.25) is 4.90 Å². The first kappa shape index (κ1) is 31.7. The van der Waals surface area contributed by atoms with Crippen LogP contribution in [0.5, 0.6) is 0 Å². The van der Waals surface area contributed by atoms with Crippen LogP contribution in [0.25, 0.3) is 0 Å². The van der Waals surface area contributed by atoms with Crippen LogP contribution in [0.4, 0.5) is 41.2 Å². The van der Waals surface area contributed by atoms with Crippen molar-refractivity contribution in [2.75, 3.05) is 44.7 Å². The lowest BCUT2D eigenvalue weighted by Gasteiger charge is -2.45. The first-order valence-corrected chi connectivity index (χ1v) is 12.5. The number of rotatable bonds is 7. The van der Waals surface area contributed by atoms with Gasteiger partial charge in [0.05, 0.1) is 13.2 Å². The topological polar surface area (TPSA) is 82.6 Å². The SMILES string of the molecule is CN(Cc1cc(CF)cc(N2CCOC(C)(C(=O)O)C2)c1)C1(C)CCN(C(=O)OC(C(F)(F)F)C(F)(F)F)CC1. The predicted molar refractivity (Wildman–Crippen MR) is 129 cm³/mol. The van der Waals surface area contributed by atoms with E-state index in [-0.39, 0.29) is 39.1 Å². The van der Waals surface area contributed by atoms with E-state index in [9.17, 15) is 45.4 Å². The number of aliphatic carboxylic acids is 1. The van der Waals surface area contributed by atoms with Gasteiger partial charge in [-0.05, 0) is 57.0 Å². The van der Waals surface area contributed by atoms with Gasteiger partial charge in [0.15, 0.2) is 5.60 Å². The number of amides is 1. The molecule has 2 aliphatic rings. The zero-order valence-corrected chi connectivity index (χ0v) is 22.2. The number of benzene rings is 1. The van der Waals surface area contributed by atoms with Crippen molar-refractivity contribution in [3.63, 3.8) is 0 Å². The Morgan fingerprint density at radius 1 is 1.05 bits per heavy atom. The lowest BCUT2D eigenvalue weighted by Crippen LogP contribution is -2.55. The second kappa shape index (κ2) is 11.6. The molecule has 0 saturated carbocycles. The van der Waals surface area contributed by atoms with Gasteiger partial charge in [0.25, 0.3) is 6.10 Å². The Morgan fingerprint density at radius 3 is 2.15 bits per heavy atom. The van der Waals surface area contributed by atoms with Crippen LogP contribution in [-0.2, 0) is 27.5 Å². The molecule has 40 heavy (non-hydrogen) atoms. The predicted octanol–water partition coefficient (Wildman–Crippen LogP) is 4.75. The molecule has 1 unspecified atom stereocenters. The minimum absolute atomic E-state index is 0.0561. The van der Waals surface area contributed by atoms with E-state index in [1.165, 1.54) is 6.92 Å². The zero-order chi connectivity index (χ0) is 30.1. The standard InChI is InChI=1S/C25H32F7N3O5/c1-22(4-6-34(7-5-22)21(38)40-19(24(27,28)29)25(30,31)32)33(3)14-17-10-16(13-26)11-18(12-17)35-8-9-39-23(2,15-35)20(36)37/h10-12,19H,4-9,13-15H2,1-3H3,(H,36,37). The molecule has 1 amide bonds. The van der Waals surface area contributed by atoms with E-state index in [1.807, 2.05) is 17.9 Å². The Morgan fingerprint density at radius 2 is 1.62 bits per heavy atom. The van der Waals surface area contributed by atoms with Gasteiger partial charge in [-0.25, -0.2) is 14.0 Å². The first-order valence-electron chi connectivity index (χ1n) is 12.5. The quantitative estimate of drug-likeness (QED) is 0.461. The van der Waals surface area contributed by atoms with Crippen LogP contribution in [0.1, 0.15) is 37.8 Å². The third kappa shape index (κ3) is 7.28. The van der Waals surface area contributed by atoms with Crippen molar-refractivity contribution in [1.82, 2.24) is 9.80 Å². The molecule has 1 aromatic carbocycles. The summed E-state index contributed by atoms with van der Waals surface area (Å²) in [7, 11) is 1.77. The monoisotopic (exact) mass is 587 g/mol. The van der Waals surface area contributed by atoms with Crippen molar-refractivity contribution >= 4 is 17.7 Å². The number of morpholine rings is 1. The van der Waals surface area contributed by atoms with Crippen LogP contribution < -0.4 is 4.90 Å². The molecular formula is C25H32F7N3O5. The minimum atomic E-state index is -5.79. The smallest absolute Gasteiger partial charge is 0.434 e. The van der Waals surface area contributed by atoms with E-state index in [0.29, 0.717) is 24.3 Å². The number of anilines is 1. The van der Waals surface area contributed by atoms with Crippen LogP contribution in [0.2, 0.25) is 0 Å². The molecular weight excluding hydrogens is 555 g/mol. The van der Waals surface area contributed by atoms with Crippen LogP contribution in [0, 0.1) is 0 Å². The molecule has 1 atom stereocenters. The zero-order valence-electron chi connectivity index (χ0n) is 22.2. The van der Waals surface area contributed by atoms with E-state index in [4.69, 9.17) is 4.74 Å². The lowest BCUT2D eigenvalue weighted by atomic mass is 9.87. The lowest BCUT2D eigenvalue weighted by molar-refractivity contribution is -0.308. The molecule has 2 saturated heterocycles. The Kier molecular flexibility index (Phi) is 9.19. The third-order valence-electron chi connectivity index (χ3n) is 7.54. The van der Waals surface area contributed by atoms with Crippen molar-refractivity contribution in [1.29, 1.82) is 0 Å². The van der Waals surface area contributed by atoms with Crippen molar-refractivity contribution < 1.29 is 54.9 Å². The number of likely N-dealkylation sites (tertiary alicyclic amines) is 1. The molecule has 0 aromatic heterocycles. The fraction of sp³-hybridized carbons (Fsp3) is 0.680. The number of carboxylic acids is 1. The molecule has 0 spiro atoms. The number of carbonyl (C=O) groups is 2. The van der Waals surface area contributed by atoms with Gasteiger partial charge in [0, 0.05) is 37.4 Å². The summed E-state index contributed by atoms with van der Waals surface area (Å²) in [5.74, 6) is -1.12. The summed E-state index contributed by atoms with van der Waals surface area (Å²) in [5, 5.41) is 9.53. The number of hydrogen-bond donors (Lipinski definition) is 1. The molecule has 2 aliphatic heterocycles. The normalized spacial score (nSPS) is 22.1. The molecule has 2 fully saturated rings. The van der Waals surface area contributed by atoms with Crippen LogP contribution in [0.15, 0.2) is 18.2 Å².